The lowest BCUT2D eigenvalue weighted by Crippen LogP contribution is -2.26. The van der Waals surface area contributed by atoms with E-state index in [1.807, 2.05) is 26.2 Å². The van der Waals surface area contributed by atoms with E-state index in [1.54, 1.807) is 0 Å². The number of rotatable bonds is 4. The number of nitrogens with zero attached hydrogens (tertiary/aromatic N) is 1. The van der Waals surface area contributed by atoms with Gasteiger partial charge in [0.25, 0.3) is 0 Å². The second-order valence-electron chi connectivity index (χ2n) is 4.62. The summed E-state index contributed by atoms with van der Waals surface area (Å²) in [6.45, 7) is 6.03. The van der Waals surface area contributed by atoms with Crippen molar-refractivity contribution in [3.63, 3.8) is 0 Å². The van der Waals surface area contributed by atoms with E-state index < -0.39 is 10.0 Å². The van der Waals surface area contributed by atoms with Crippen LogP contribution in [0.5, 0.6) is 0 Å². The Morgan fingerprint density at radius 3 is 2.59 bits per heavy atom. The van der Waals surface area contributed by atoms with Gasteiger partial charge in [0.2, 0.25) is 10.0 Å². The zero-order valence-electron chi connectivity index (χ0n) is 9.85. The summed E-state index contributed by atoms with van der Waals surface area (Å²) < 4.78 is 25.5. The summed E-state index contributed by atoms with van der Waals surface area (Å²) in [7, 11) is -3.53. The fourth-order valence-electron chi connectivity index (χ4n) is 1.02. The Morgan fingerprint density at radius 2 is 2.18 bits per heavy atom. The number of thiazole rings is 1. The first-order chi connectivity index (χ1) is 7.60. The molecule has 1 rings (SSSR count). The lowest BCUT2D eigenvalue weighted by molar-refractivity contribution is 0.573. The van der Waals surface area contributed by atoms with E-state index in [0.29, 0.717) is 5.13 Å². The van der Waals surface area contributed by atoms with E-state index in [1.165, 1.54) is 11.3 Å². The Morgan fingerprint density at radius 1 is 1.59 bits per heavy atom. The highest BCUT2D eigenvalue weighted by Crippen LogP contribution is 2.26. The number of anilines is 1. The molecule has 1 heterocycles. The molecule has 0 saturated heterocycles. The maximum Gasteiger partial charge on any atom is 0.241 e. The molecule has 0 fully saturated rings. The quantitative estimate of drug-likeness (QED) is 0.821. The van der Waals surface area contributed by atoms with Crippen LogP contribution in [0.3, 0.4) is 0 Å². The maximum absolute atomic E-state index is 11.6. The third kappa shape index (κ3) is 4.57. The van der Waals surface area contributed by atoms with Crippen molar-refractivity contribution in [3.8, 4) is 0 Å². The molecule has 0 aliphatic heterocycles. The molecule has 0 aliphatic rings. The largest absolute Gasteiger partial charge is 0.392 e. The number of aromatic nitrogens is 1. The van der Waals surface area contributed by atoms with Gasteiger partial charge in [0, 0.05) is 10.8 Å². The lowest BCUT2D eigenvalue weighted by Gasteiger charge is -2.14. The molecular weight excluding hydrogens is 278 g/mol. The second-order valence-corrected chi connectivity index (χ2v) is 7.72. The Labute approximate surface area is 110 Å². The van der Waals surface area contributed by atoms with Crippen molar-refractivity contribution in [2.45, 2.75) is 26.2 Å². The van der Waals surface area contributed by atoms with E-state index in [-0.39, 0.29) is 16.2 Å². The molecule has 0 saturated carbocycles. The predicted octanol–water partition coefficient (Wildman–Crippen LogP) is 1.47. The van der Waals surface area contributed by atoms with Gasteiger partial charge in [-0.15, -0.1) is 11.3 Å². The van der Waals surface area contributed by atoms with Crippen molar-refractivity contribution in [1.82, 2.24) is 4.98 Å². The van der Waals surface area contributed by atoms with Crippen molar-refractivity contribution in [3.05, 3.63) is 11.1 Å². The van der Waals surface area contributed by atoms with Crippen molar-refractivity contribution >= 4 is 43.7 Å². The molecule has 3 N–H and O–H groups in total. The maximum atomic E-state index is 11.6. The number of nitrogens with one attached hydrogen (secondary N) is 1. The fourth-order valence-corrected chi connectivity index (χ4v) is 3.60. The monoisotopic (exact) mass is 293 g/mol. The van der Waals surface area contributed by atoms with Crippen LogP contribution in [0.15, 0.2) is 5.38 Å². The average molecular weight is 293 g/mol. The first kappa shape index (κ1) is 14.3. The Balaban J connectivity index is 2.84. The van der Waals surface area contributed by atoms with Crippen LogP contribution in [0.4, 0.5) is 5.13 Å². The van der Waals surface area contributed by atoms with Crippen LogP contribution >= 0.6 is 23.6 Å². The molecule has 5 nitrogen and oxygen atoms in total. The van der Waals surface area contributed by atoms with Crippen LogP contribution in [0.2, 0.25) is 0 Å². The molecular formula is C9H15N3O2S3. The summed E-state index contributed by atoms with van der Waals surface area (Å²) >= 11 is 5.81. The fraction of sp³-hybridized carbons (Fsp3) is 0.556. The molecule has 0 aliphatic carbocycles. The van der Waals surface area contributed by atoms with Crippen LogP contribution in [-0.2, 0) is 15.4 Å². The highest BCUT2D eigenvalue weighted by atomic mass is 32.2. The Kier molecular flexibility index (Phi) is 4.11. The molecule has 0 spiro atoms. The van der Waals surface area contributed by atoms with Gasteiger partial charge in [0.1, 0.15) is 5.75 Å². The topological polar surface area (TPSA) is 85.1 Å². The standard InChI is InChI=1S/C9H15N3O2S3/c1-9(2,3)6-4-16-8(11-6)12-17(13,14)5-7(10)15/h4H,5H2,1-3H3,(H2,10,15)(H,11,12). The van der Waals surface area contributed by atoms with E-state index in [9.17, 15) is 8.42 Å². The number of hydrogen-bond acceptors (Lipinski definition) is 5. The first-order valence-corrected chi connectivity index (χ1v) is 7.79. The third-order valence-electron chi connectivity index (χ3n) is 1.85. The van der Waals surface area contributed by atoms with E-state index in [4.69, 9.17) is 5.73 Å². The van der Waals surface area contributed by atoms with Crippen molar-refractivity contribution < 1.29 is 8.42 Å². The third-order valence-corrected chi connectivity index (χ3v) is 4.26. The molecule has 96 valence electrons. The molecule has 0 radical (unpaired) electrons. The van der Waals surface area contributed by atoms with Gasteiger partial charge in [-0.3, -0.25) is 4.72 Å². The highest BCUT2D eigenvalue weighted by molar-refractivity contribution is 7.95. The molecule has 17 heavy (non-hydrogen) atoms. The summed E-state index contributed by atoms with van der Waals surface area (Å²) in [5.41, 5.74) is 5.94. The zero-order valence-corrected chi connectivity index (χ0v) is 12.3. The smallest absolute Gasteiger partial charge is 0.241 e. The normalized spacial score (nSPS) is 12.4. The molecule has 8 heteroatoms. The predicted molar refractivity (Wildman–Crippen MR) is 75.0 cm³/mol. The number of nitrogens with two attached hydrogens (primary N) is 1. The molecule has 0 atom stereocenters. The number of hydrogen-bond donors (Lipinski definition) is 2. The average Bonchev–Trinajstić information content (AvgIpc) is 2.47. The van der Waals surface area contributed by atoms with Crippen molar-refractivity contribution in [1.29, 1.82) is 0 Å². The van der Waals surface area contributed by atoms with Gasteiger partial charge in [-0.05, 0) is 0 Å². The minimum atomic E-state index is -3.53. The summed E-state index contributed by atoms with van der Waals surface area (Å²) in [6, 6.07) is 0. The minimum absolute atomic E-state index is 0.0647. The van der Waals surface area contributed by atoms with E-state index in [0.717, 1.165) is 5.69 Å². The number of sulfonamides is 1. The van der Waals surface area contributed by atoms with Crippen molar-refractivity contribution in [2.24, 2.45) is 5.73 Å². The Bertz CT molecular complexity index is 514. The van der Waals surface area contributed by atoms with Crippen LogP contribution in [0.1, 0.15) is 26.5 Å². The molecule has 0 amide bonds. The highest BCUT2D eigenvalue weighted by Gasteiger charge is 2.19. The molecule has 0 bridgehead atoms. The van der Waals surface area contributed by atoms with Crippen LogP contribution in [0.25, 0.3) is 0 Å². The van der Waals surface area contributed by atoms with Crippen LogP contribution in [0, 0.1) is 0 Å². The second kappa shape index (κ2) is 4.87. The van der Waals surface area contributed by atoms with Gasteiger partial charge in [0.05, 0.1) is 10.7 Å². The van der Waals surface area contributed by atoms with Gasteiger partial charge in [-0.25, -0.2) is 13.4 Å². The first-order valence-electron chi connectivity index (χ1n) is 4.85. The summed E-state index contributed by atoms with van der Waals surface area (Å²) in [4.78, 5) is 4.15. The van der Waals surface area contributed by atoms with Gasteiger partial charge in [-0.1, -0.05) is 33.0 Å². The molecule has 1 aromatic rings. The van der Waals surface area contributed by atoms with Gasteiger partial charge >= 0.3 is 0 Å². The summed E-state index contributed by atoms with van der Waals surface area (Å²) in [5, 5.41) is 2.17. The van der Waals surface area contributed by atoms with Gasteiger partial charge in [0.15, 0.2) is 5.13 Å². The summed E-state index contributed by atoms with van der Waals surface area (Å²) in [5.74, 6) is -0.368. The molecule has 0 unspecified atom stereocenters. The van der Waals surface area contributed by atoms with Gasteiger partial charge in [-0.2, -0.15) is 0 Å². The molecule has 1 aromatic heterocycles. The summed E-state index contributed by atoms with van der Waals surface area (Å²) in [6.07, 6.45) is 0. The van der Waals surface area contributed by atoms with Crippen LogP contribution < -0.4 is 10.5 Å². The SMILES string of the molecule is CC(C)(C)c1csc(NS(=O)(=O)CC(N)=S)n1. The van der Waals surface area contributed by atoms with E-state index in [2.05, 4.69) is 21.9 Å². The number of thiocarbonyl (C=S) groups is 1. The molecule has 0 aromatic carbocycles. The van der Waals surface area contributed by atoms with Gasteiger partial charge < -0.3 is 5.73 Å². The minimum Gasteiger partial charge on any atom is -0.392 e. The zero-order chi connectivity index (χ0) is 13.3. The Hall–Kier alpha value is -0.730. The lowest BCUT2D eigenvalue weighted by atomic mass is 9.93. The van der Waals surface area contributed by atoms with Crippen molar-refractivity contribution in [2.75, 3.05) is 10.5 Å². The van der Waals surface area contributed by atoms with E-state index >= 15 is 0 Å². The van der Waals surface area contributed by atoms with Crippen LogP contribution in [-0.4, -0.2) is 24.1 Å².